The number of allylic oxidation sites excluding steroid dienone is 4. The van der Waals surface area contributed by atoms with Crippen LogP contribution >= 0.6 is 23.2 Å². The van der Waals surface area contributed by atoms with Gasteiger partial charge in [0.05, 0.1) is 10.8 Å². The first-order chi connectivity index (χ1) is 10.9. The molecule has 0 spiro atoms. The van der Waals surface area contributed by atoms with Crippen molar-refractivity contribution >= 4 is 23.2 Å². The molecule has 3 nitrogen and oxygen atoms in total. The summed E-state index contributed by atoms with van der Waals surface area (Å²) >= 11 is 13.1. The van der Waals surface area contributed by atoms with Crippen molar-refractivity contribution in [2.45, 2.75) is 35.8 Å². The molecule has 0 aromatic carbocycles. The van der Waals surface area contributed by atoms with Gasteiger partial charge in [-0.05, 0) is 50.3 Å². The highest BCUT2D eigenvalue weighted by Crippen LogP contribution is 2.40. The largest absolute Gasteiger partial charge is 0.399 e. The second-order valence-corrected chi connectivity index (χ2v) is 6.55. The molecule has 0 amide bonds. The van der Waals surface area contributed by atoms with Crippen molar-refractivity contribution in [3.8, 4) is 0 Å². The van der Waals surface area contributed by atoms with Crippen LogP contribution in [0.3, 0.4) is 0 Å². The summed E-state index contributed by atoms with van der Waals surface area (Å²) < 4.78 is 6.50. The molecule has 23 heavy (non-hydrogen) atoms. The SMILES string of the molecule is CC=CC1(OC2(C=CC)C=CC(N)=CC2Cl)C=CC(N)=CC1Cl. The summed E-state index contributed by atoms with van der Waals surface area (Å²) in [5, 5.41) is -0.905. The van der Waals surface area contributed by atoms with Crippen molar-refractivity contribution < 1.29 is 4.74 Å². The van der Waals surface area contributed by atoms with Crippen LogP contribution in [0.25, 0.3) is 0 Å². The van der Waals surface area contributed by atoms with Crippen molar-refractivity contribution in [1.29, 1.82) is 0 Å². The minimum Gasteiger partial charge on any atom is -0.399 e. The molecule has 4 unspecified atom stereocenters. The van der Waals surface area contributed by atoms with E-state index in [1.807, 2.05) is 50.3 Å². The van der Waals surface area contributed by atoms with Crippen LogP contribution < -0.4 is 11.5 Å². The molecule has 0 aromatic heterocycles. The van der Waals surface area contributed by atoms with Gasteiger partial charge in [-0.2, -0.15) is 0 Å². The van der Waals surface area contributed by atoms with E-state index in [4.69, 9.17) is 39.4 Å². The van der Waals surface area contributed by atoms with Crippen molar-refractivity contribution in [2.75, 3.05) is 0 Å². The first-order valence-corrected chi connectivity index (χ1v) is 8.34. The van der Waals surface area contributed by atoms with Gasteiger partial charge in [-0.1, -0.05) is 24.3 Å². The Morgan fingerprint density at radius 1 is 0.913 bits per heavy atom. The minimum atomic E-state index is -0.851. The van der Waals surface area contributed by atoms with Crippen LogP contribution in [0.2, 0.25) is 0 Å². The van der Waals surface area contributed by atoms with Crippen LogP contribution in [0, 0.1) is 0 Å². The smallest absolute Gasteiger partial charge is 0.126 e. The number of halogens is 2. The monoisotopic (exact) mass is 352 g/mol. The molecule has 5 heteroatoms. The fourth-order valence-corrected chi connectivity index (χ4v) is 3.39. The van der Waals surface area contributed by atoms with Crippen LogP contribution in [0.4, 0.5) is 0 Å². The van der Waals surface area contributed by atoms with Crippen LogP contribution in [-0.2, 0) is 4.74 Å². The first-order valence-electron chi connectivity index (χ1n) is 7.46. The zero-order valence-electron chi connectivity index (χ0n) is 13.2. The molecule has 4 N–H and O–H groups in total. The van der Waals surface area contributed by atoms with E-state index < -0.39 is 22.0 Å². The third-order valence-electron chi connectivity index (χ3n) is 3.82. The normalized spacial score (nSPS) is 37.4. The number of hydrogen-bond donors (Lipinski definition) is 2. The molecule has 0 saturated heterocycles. The molecule has 0 aromatic rings. The maximum atomic E-state index is 6.56. The molecule has 0 fully saturated rings. The summed E-state index contributed by atoms with van der Waals surface area (Å²) in [6.07, 6.45) is 18.5. The molecule has 0 aliphatic heterocycles. The lowest BCUT2D eigenvalue weighted by atomic mass is 9.87. The number of ether oxygens (including phenoxy) is 1. The van der Waals surface area contributed by atoms with Crippen LogP contribution in [-0.4, -0.2) is 22.0 Å². The second-order valence-electron chi connectivity index (χ2n) is 5.61. The van der Waals surface area contributed by atoms with Gasteiger partial charge in [0.15, 0.2) is 0 Å². The molecule has 2 rings (SSSR count). The van der Waals surface area contributed by atoms with Gasteiger partial charge in [-0.15, -0.1) is 23.2 Å². The number of nitrogens with two attached hydrogens (primary N) is 2. The third kappa shape index (κ3) is 3.57. The maximum Gasteiger partial charge on any atom is 0.126 e. The summed E-state index contributed by atoms with van der Waals surface area (Å²) in [6, 6.07) is 0. The summed E-state index contributed by atoms with van der Waals surface area (Å²) in [6.45, 7) is 3.83. The fraction of sp³-hybridized carbons (Fsp3) is 0.333. The molecule has 2 aliphatic carbocycles. The summed E-state index contributed by atoms with van der Waals surface area (Å²) in [7, 11) is 0. The van der Waals surface area contributed by atoms with Crippen molar-refractivity contribution in [1.82, 2.24) is 0 Å². The Morgan fingerprint density at radius 3 is 1.61 bits per heavy atom. The van der Waals surface area contributed by atoms with E-state index in [1.165, 1.54) is 0 Å². The first kappa shape index (κ1) is 17.9. The molecular weight excluding hydrogens is 331 g/mol. The Bertz CT molecular complexity index is 579. The topological polar surface area (TPSA) is 61.3 Å². The number of hydrogen-bond acceptors (Lipinski definition) is 3. The third-order valence-corrected chi connectivity index (χ3v) is 4.75. The average Bonchev–Trinajstić information content (AvgIpc) is 2.48. The molecule has 0 saturated carbocycles. The van der Waals surface area contributed by atoms with E-state index in [2.05, 4.69) is 0 Å². The Balaban J connectivity index is 2.46. The van der Waals surface area contributed by atoms with Gasteiger partial charge in [0.1, 0.15) is 11.2 Å². The van der Waals surface area contributed by atoms with E-state index in [-0.39, 0.29) is 0 Å². The predicted octanol–water partition coefficient (Wildman–Crippen LogP) is 3.67. The van der Waals surface area contributed by atoms with E-state index in [0.717, 1.165) is 0 Å². The quantitative estimate of drug-likeness (QED) is 0.599. The zero-order chi connectivity index (χ0) is 17.1. The van der Waals surface area contributed by atoms with Crippen LogP contribution in [0.1, 0.15) is 13.8 Å². The second kappa shape index (κ2) is 7.00. The molecule has 0 radical (unpaired) electrons. The van der Waals surface area contributed by atoms with Crippen LogP contribution in [0.5, 0.6) is 0 Å². The summed E-state index contributed by atoms with van der Waals surface area (Å²) in [5.41, 5.74) is 11.2. The number of rotatable bonds is 4. The lowest BCUT2D eigenvalue weighted by Gasteiger charge is -2.43. The average molecular weight is 353 g/mol. The van der Waals surface area contributed by atoms with Gasteiger partial charge in [-0.3, -0.25) is 0 Å². The van der Waals surface area contributed by atoms with Crippen molar-refractivity contribution in [3.63, 3.8) is 0 Å². The Labute approximate surface area is 147 Å². The molecule has 0 heterocycles. The lowest BCUT2D eigenvalue weighted by molar-refractivity contribution is -0.0500. The highest BCUT2D eigenvalue weighted by molar-refractivity contribution is 6.24. The van der Waals surface area contributed by atoms with Gasteiger partial charge in [0, 0.05) is 11.4 Å². The highest BCUT2D eigenvalue weighted by atomic mass is 35.5. The van der Waals surface area contributed by atoms with Gasteiger partial charge >= 0.3 is 0 Å². The molecule has 2 aliphatic rings. The fourth-order valence-electron chi connectivity index (χ4n) is 2.72. The van der Waals surface area contributed by atoms with E-state index in [1.54, 1.807) is 24.3 Å². The van der Waals surface area contributed by atoms with Gasteiger partial charge in [0.2, 0.25) is 0 Å². The van der Waals surface area contributed by atoms with E-state index >= 15 is 0 Å². The number of alkyl halides is 2. The van der Waals surface area contributed by atoms with E-state index in [0.29, 0.717) is 11.4 Å². The highest BCUT2D eigenvalue weighted by Gasteiger charge is 2.45. The lowest BCUT2D eigenvalue weighted by Crippen LogP contribution is -2.51. The molecular formula is C18H22Cl2N2O. The van der Waals surface area contributed by atoms with Crippen LogP contribution in [0.15, 0.2) is 72.2 Å². The summed E-state index contributed by atoms with van der Waals surface area (Å²) in [5.74, 6) is 0. The Morgan fingerprint density at radius 2 is 1.30 bits per heavy atom. The molecule has 4 atom stereocenters. The molecule has 124 valence electrons. The molecule has 0 bridgehead atoms. The Hall–Kier alpha value is -1.42. The standard InChI is InChI=1S/C18H22Cl2N2O/c1-3-7-17(9-5-13(21)11-15(17)19)23-18(8-4-2)10-6-14(22)12-16(18)20/h3-12,15-16H,21-22H2,1-2H3. The van der Waals surface area contributed by atoms with E-state index in [9.17, 15) is 0 Å². The van der Waals surface area contributed by atoms with Gasteiger partial charge in [0.25, 0.3) is 0 Å². The van der Waals surface area contributed by atoms with Crippen molar-refractivity contribution in [2.24, 2.45) is 11.5 Å². The van der Waals surface area contributed by atoms with Gasteiger partial charge < -0.3 is 16.2 Å². The van der Waals surface area contributed by atoms with Gasteiger partial charge in [-0.25, -0.2) is 0 Å². The summed E-state index contributed by atoms with van der Waals surface area (Å²) in [4.78, 5) is 0. The zero-order valence-corrected chi connectivity index (χ0v) is 14.8. The minimum absolute atomic E-state index is 0.452. The van der Waals surface area contributed by atoms with Crippen molar-refractivity contribution in [3.05, 3.63) is 72.2 Å². The maximum absolute atomic E-state index is 6.56. The predicted molar refractivity (Wildman–Crippen MR) is 98.3 cm³/mol. The Kier molecular flexibility index (Phi) is 5.45.